The number of carbonyl (C=O) groups excluding carboxylic acids is 1. The summed E-state index contributed by atoms with van der Waals surface area (Å²) >= 11 is 0. The highest BCUT2D eigenvalue weighted by Crippen LogP contribution is 2.40. The number of hydrogen-bond acceptors (Lipinski definition) is 4. The fourth-order valence-electron chi connectivity index (χ4n) is 2.35. The maximum atomic E-state index is 12.3. The molecule has 2 unspecified atom stereocenters. The normalized spacial score (nSPS) is 19.3. The van der Waals surface area contributed by atoms with Gasteiger partial charge in [-0.15, -0.1) is 6.58 Å². The number of rotatable bonds is 7. The number of non-ortho nitro benzene ring substituents is 1. The van der Waals surface area contributed by atoms with Gasteiger partial charge in [0.15, 0.2) is 0 Å². The van der Waals surface area contributed by atoms with Gasteiger partial charge in [-0.25, -0.2) is 0 Å². The minimum atomic E-state index is -0.966. The third-order valence-corrected chi connectivity index (χ3v) is 3.58. The van der Waals surface area contributed by atoms with Gasteiger partial charge in [-0.3, -0.25) is 19.7 Å². The van der Waals surface area contributed by atoms with Crippen molar-refractivity contribution in [3.8, 4) is 0 Å². The van der Waals surface area contributed by atoms with E-state index in [2.05, 4.69) is 6.58 Å². The summed E-state index contributed by atoms with van der Waals surface area (Å²) in [6.07, 6.45) is 1.89. The highest BCUT2D eigenvalue weighted by Gasteiger charge is 2.49. The lowest BCUT2D eigenvalue weighted by molar-refractivity contribution is -0.384. The zero-order chi connectivity index (χ0) is 16.3. The van der Waals surface area contributed by atoms with Crippen LogP contribution in [0.5, 0.6) is 0 Å². The molecule has 7 nitrogen and oxygen atoms in total. The molecule has 0 aliphatic heterocycles. The van der Waals surface area contributed by atoms with E-state index in [0.29, 0.717) is 12.0 Å². The first-order valence-corrected chi connectivity index (χ1v) is 6.80. The summed E-state index contributed by atoms with van der Waals surface area (Å²) in [5, 5.41) is 19.7. The number of aliphatic carboxylic acids is 1. The molecule has 0 aromatic heterocycles. The summed E-state index contributed by atoms with van der Waals surface area (Å²) in [5.74, 6) is -2.34. The Labute approximate surface area is 127 Å². The van der Waals surface area contributed by atoms with Gasteiger partial charge in [0.25, 0.3) is 5.69 Å². The molecular formula is C15H16N2O5. The Morgan fingerprint density at radius 3 is 2.73 bits per heavy atom. The zero-order valence-electron chi connectivity index (χ0n) is 11.8. The van der Waals surface area contributed by atoms with E-state index in [1.54, 1.807) is 18.2 Å². The van der Waals surface area contributed by atoms with Crippen LogP contribution < -0.4 is 0 Å². The van der Waals surface area contributed by atoms with Crippen molar-refractivity contribution in [3.05, 3.63) is 52.6 Å². The smallest absolute Gasteiger partial charge is 0.307 e. The van der Waals surface area contributed by atoms with Crippen molar-refractivity contribution in [2.24, 2.45) is 11.8 Å². The van der Waals surface area contributed by atoms with Crippen molar-refractivity contribution < 1.29 is 19.6 Å². The van der Waals surface area contributed by atoms with Gasteiger partial charge in [0.2, 0.25) is 5.91 Å². The van der Waals surface area contributed by atoms with E-state index in [-0.39, 0.29) is 24.7 Å². The predicted octanol–water partition coefficient (Wildman–Crippen LogP) is 1.83. The van der Waals surface area contributed by atoms with Gasteiger partial charge in [-0.05, 0) is 12.0 Å². The van der Waals surface area contributed by atoms with E-state index in [4.69, 9.17) is 5.11 Å². The van der Waals surface area contributed by atoms with Crippen LogP contribution in [-0.2, 0) is 16.1 Å². The molecule has 0 saturated heterocycles. The van der Waals surface area contributed by atoms with Gasteiger partial charge >= 0.3 is 5.97 Å². The van der Waals surface area contributed by atoms with Gasteiger partial charge in [0, 0.05) is 25.2 Å². The first-order chi connectivity index (χ1) is 10.4. The number of nitro groups is 1. The third kappa shape index (κ3) is 3.49. The number of carbonyl (C=O) groups is 2. The van der Waals surface area contributed by atoms with Crippen LogP contribution >= 0.6 is 0 Å². The number of hydrogen-bond donors (Lipinski definition) is 1. The van der Waals surface area contributed by atoms with Crippen LogP contribution in [0.3, 0.4) is 0 Å². The van der Waals surface area contributed by atoms with Gasteiger partial charge in [-0.1, -0.05) is 18.2 Å². The predicted molar refractivity (Wildman–Crippen MR) is 77.9 cm³/mol. The zero-order valence-corrected chi connectivity index (χ0v) is 11.8. The lowest BCUT2D eigenvalue weighted by Gasteiger charge is -2.21. The maximum absolute atomic E-state index is 12.3. The third-order valence-electron chi connectivity index (χ3n) is 3.58. The van der Waals surface area contributed by atoms with Crippen molar-refractivity contribution in [3.63, 3.8) is 0 Å². The van der Waals surface area contributed by atoms with Gasteiger partial charge in [0.05, 0.1) is 16.8 Å². The van der Waals surface area contributed by atoms with Crippen LogP contribution in [0.2, 0.25) is 0 Å². The van der Waals surface area contributed by atoms with Crippen LogP contribution in [0.1, 0.15) is 12.0 Å². The first-order valence-electron chi connectivity index (χ1n) is 6.80. The molecule has 1 aromatic rings. The highest BCUT2D eigenvalue weighted by molar-refractivity contribution is 5.89. The molecule has 1 fully saturated rings. The Kier molecular flexibility index (Phi) is 4.55. The summed E-state index contributed by atoms with van der Waals surface area (Å²) in [4.78, 5) is 34.9. The summed E-state index contributed by atoms with van der Waals surface area (Å²) in [7, 11) is 0. The average molecular weight is 304 g/mol. The average Bonchev–Trinajstić information content (AvgIpc) is 3.27. The van der Waals surface area contributed by atoms with E-state index < -0.39 is 22.7 Å². The molecule has 7 heteroatoms. The fraction of sp³-hybridized carbons (Fsp3) is 0.333. The molecule has 0 bridgehead atoms. The monoisotopic (exact) mass is 304 g/mol. The number of carboxylic acid groups (broad SMARTS) is 1. The second-order valence-corrected chi connectivity index (χ2v) is 5.22. The largest absolute Gasteiger partial charge is 0.481 e. The molecule has 1 N–H and O–H groups in total. The number of amides is 1. The van der Waals surface area contributed by atoms with Crippen LogP contribution in [0.25, 0.3) is 0 Å². The van der Waals surface area contributed by atoms with Crippen molar-refractivity contribution in [2.75, 3.05) is 6.54 Å². The van der Waals surface area contributed by atoms with Crippen LogP contribution in [0.15, 0.2) is 36.9 Å². The molecule has 1 aliphatic carbocycles. The minimum Gasteiger partial charge on any atom is -0.481 e. The molecule has 116 valence electrons. The van der Waals surface area contributed by atoms with Crippen molar-refractivity contribution in [1.29, 1.82) is 0 Å². The molecule has 1 aromatic carbocycles. The Hall–Kier alpha value is -2.70. The molecule has 1 saturated carbocycles. The van der Waals surface area contributed by atoms with E-state index in [0.717, 1.165) is 0 Å². The summed E-state index contributed by atoms with van der Waals surface area (Å²) in [5.41, 5.74) is 0.579. The molecule has 0 spiro atoms. The summed E-state index contributed by atoms with van der Waals surface area (Å²) in [6.45, 7) is 4.04. The second-order valence-electron chi connectivity index (χ2n) is 5.22. The van der Waals surface area contributed by atoms with E-state index in [1.807, 2.05) is 0 Å². The molecule has 2 rings (SSSR count). The molecule has 22 heavy (non-hydrogen) atoms. The van der Waals surface area contributed by atoms with Gasteiger partial charge in [0.1, 0.15) is 0 Å². The quantitative estimate of drug-likeness (QED) is 0.470. The van der Waals surface area contributed by atoms with Crippen LogP contribution in [0, 0.1) is 22.0 Å². The van der Waals surface area contributed by atoms with Crippen molar-refractivity contribution >= 4 is 17.6 Å². The Bertz CT molecular complexity index is 628. The van der Waals surface area contributed by atoms with E-state index in [1.165, 1.54) is 17.0 Å². The van der Waals surface area contributed by atoms with Crippen molar-refractivity contribution in [2.45, 2.75) is 13.0 Å². The lowest BCUT2D eigenvalue weighted by atomic mass is 10.1. The topological polar surface area (TPSA) is 101 Å². The Morgan fingerprint density at radius 1 is 1.45 bits per heavy atom. The molecule has 2 atom stereocenters. The first kappa shape index (κ1) is 15.7. The van der Waals surface area contributed by atoms with Gasteiger partial charge < -0.3 is 10.0 Å². The standard InChI is InChI=1S/C15H16N2O5/c1-2-6-16(14(18)12-8-13(12)15(19)20)9-10-4-3-5-11(7-10)17(21)22/h2-5,7,12-13H,1,6,8-9H2,(H,19,20). The number of nitrogens with zero attached hydrogens (tertiary/aromatic N) is 2. The van der Waals surface area contributed by atoms with Crippen LogP contribution in [0.4, 0.5) is 5.69 Å². The molecular weight excluding hydrogens is 288 g/mol. The van der Waals surface area contributed by atoms with Gasteiger partial charge in [-0.2, -0.15) is 0 Å². The number of benzene rings is 1. The lowest BCUT2D eigenvalue weighted by Crippen LogP contribution is -2.32. The summed E-state index contributed by atoms with van der Waals surface area (Å²) < 4.78 is 0. The highest BCUT2D eigenvalue weighted by atomic mass is 16.6. The second kappa shape index (κ2) is 6.38. The molecule has 1 aliphatic rings. The van der Waals surface area contributed by atoms with E-state index in [9.17, 15) is 19.7 Å². The molecule has 0 radical (unpaired) electrons. The fourth-order valence-corrected chi connectivity index (χ4v) is 2.35. The number of carboxylic acids is 1. The summed E-state index contributed by atoms with van der Waals surface area (Å²) in [6, 6.07) is 6.04. The minimum absolute atomic E-state index is 0.0432. The SMILES string of the molecule is C=CCN(Cc1cccc([N+](=O)[O-])c1)C(=O)C1CC1C(=O)O. The van der Waals surface area contributed by atoms with Crippen molar-refractivity contribution in [1.82, 2.24) is 4.90 Å². The Balaban J connectivity index is 2.10. The maximum Gasteiger partial charge on any atom is 0.307 e. The number of nitro benzene ring substituents is 1. The van der Waals surface area contributed by atoms with E-state index >= 15 is 0 Å². The molecule has 1 amide bonds. The Morgan fingerprint density at radius 2 is 2.18 bits per heavy atom. The van der Waals surface area contributed by atoms with Crippen LogP contribution in [-0.4, -0.2) is 33.4 Å². The molecule has 0 heterocycles.